The van der Waals surface area contributed by atoms with Gasteiger partial charge in [0.15, 0.2) is 0 Å². The fourth-order valence-corrected chi connectivity index (χ4v) is 1.62. The summed E-state index contributed by atoms with van der Waals surface area (Å²) in [6.45, 7) is 2.08. The van der Waals surface area contributed by atoms with E-state index in [2.05, 4.69) is 16.9 Å². The van der Waals surface area contributed by atoms with Crippen LogP contribution in [0.4, 0.5) is 0 Å². The van der Waals surface area contributed by atoms with Gasteiger partial charge in [0, 0.05) is 18.4 Å². The van der Waals surface area contributed by atoms with Gasteiger partial charge in [0.25, 0.3) is 0 Å². The minimum atomic E-state index is 0.167. The molecule has 0 amide bonds. The van der Waals surface area contributed by atoms with Gasteiger partial charge in [-0.25, -0.2) is 0 Å². The molecule has 0 fully saturated rings. The van der Waals surface area contributed by atoms with Gasteiger partial charge in [-0.3, -0.25) is 9.97 Å². The van der Waals surface area contributed by atoms with Crippen LogP contribution < -0.4 is 10.5 Å². The van der Waals surface area contributed by atoms with Crippen LogP contribution in [-0.2, 0) is 6.42 Å². The Labute approximate surface area is 107 Å². The Balaban J connectivity index is 2.08. The lowest BCUT2D eigenvalue weighted by Crippen LogP contribution is -2.21. The van der Waals surface area contributed by atoms with Gasteiger partial charge in [0.05, 0.1) is 12.4 Å². The smallest absolute Gasteiger partial charge is 0.146 e. The number of ether oxygens (including phenoxy) is 1. The Kier molecular flexibility index (Phi) is 4.25. The predicted octanol–water partition coefficient (Wildman–Crippen LogP) is 2.55. The van der Waals surface area contributed by atoms with Crippen molar-refractivity contribution < 1.29 is 4.74 Å². The van der Waals surface area contributed by atoms with Crippen LogP contribution in [-0.4, -0.2) is 16.0 Å². The topological polar surface area (TPSA) is 61.0 Å². The third kappa shape index (κ3) is 3.53. The lowest BCUT2D eigenvalue weighted by atomic mass is 10.1. The summed E-state index contributed by atoms with van der Waals surface area (Å²) >= 11 is 0. The molecule has 0 aliphatic rings. The van der Waals surface area contributed by atoms with Crippen LogP contribution in [0.1, 0.15) is 18.9 Å². The van der Waals surface area contributed by atoms with E-state index in [1.807, 2.05) is 24.4 Å². The molecule has 2 heterocycles. The number of pyridine rings is 2. The quantitative estimate of drug-likeness (QED) is 0.876. The fraction of sp³-hybridized carbons (Fsp3) is 0.286. The third-order valence-corrected chi connectivity index (χ3v) is 2.66. The molecular formula is C14H17N3O. The first-order chi connectivity index (χ1) is 8.78. The van der Waals surface area contributed by atoms with Crippen molar-refractivity contribution in [3.05, 3.63) is 48.5 Å². The van der Waals surface area contributed by atoms with Gasteiger partial charge in [0.2, 0.25) is 0 Å². The molecular weight excluding hydrogens is 226 g/mol. The second-order valence-electron chi connectivity index (χ2n) is 4.19. The summed E-state index contributed by atoms with van der Waals surface area (Å²) in [5.41, 5.74) is 7.02. The van der Waals surface area contributed by atoms with Crippen LogP contribution in [0.25, 0.3) is 0 Å². The van der Waals surface area contributed by atoms with Crippen LogP contribution in [0.3, 0.4) is 0 Å². The molecule has 0 aliphatic heterocycles. The van der Waals surface area contributed by atoms with Crippen molar-refractivity contribution in [3.8, 4) is 11.5 Å². The van der Waals surface area contributed by atoms with E-state index in [9.17, 15) is 0 Å². The van der Waals surface area contributed by atoms with Crippen LogP contribution in [0, 0.1) is 0 Å². The second-order valence-corrected chi connectivity index (χ2v) is 4.19. The van der Waals surface area contributed by atoms with Crippen LogP contribution in [0.15, 0.2) is 43.0 Å². The molecule has 2 N–H and O–H groups in total. The summed E-state index contributed by atoms with van der Waals surface area (Å²) in [4.78, 5) is 8.17. The van der Waals surface area contributed by atoms with Crippen molar-refractivity contribution in [1.82, 2.24) is 9.97 Å². The first kappa shape index (κ1) is 12.5. The van der Waals surface area contributed by atoms with Gasteiger partial charge >= 0.3 is 0 Å². The van der Waals surface area contributed by atoms with Crippen molar-refractivity contribution in [2.45, 2.75) is 25.8 Å². The van der Waals surface area contributed by atoms with E-state index in [1.54, 1.807) is 18.6 Å². The molecule has 1 atom stereocenters. The Morgan fingerprint density at radius 2 is 2.06 bits per heavy atom. The van der Waals surface area contributed by atoms with Gasteiger partial charge < -0.3 is 10.5 Å². The Morgan fingerprint density at radius 1 is 1.22 bits per heavy atom. The van der Waals surface area contributed by atoms with E-state index in [-0.39, 0.29) is 6.04 Å². The average Bonchev–Trinajstić information content (AvgIpc) is 2.40. The molecule has 0 saturated carbocycles. The van der Waals surface area contributed by atoms with Gasteiger partial charge in [-0.1, -0.05) is 6.92 Å². The minimum absolute atomic E-state index is 0.167. The molecule has 0 spiro atoms. The Hall–Kier alpha value is -1.94. The number of hydrogen-bond donors (Lipinski definition) is 1. The van der Waals surface area contributed by atoms with Gasteiger partial charge in [-0.2, -0.15) is 0 Å². The lowest BCUT2D eigenvalue weighted by molar-refractivity contribution is 0.476. The van der Waals surface area contributed by atoms with E-state index >= 15 is 0 Å². The number of aromatic nitrogens is 2. The third-order valence-electron chi connectivity index (χ3n) is 2.66. The van der Waals surface area contributed by atoms with Gasteiger partial charge in [0.1, 0.15) is 11.5 Å². The lowest BCUT2D eigenvalue weighted by Gasteiger charge is -2.10. The van der Waals surface area contributed by atoms with Crippen molar-refractivity contribution in [2.24, 2.45) is 5.73 Å². The van der Waals surface area contributed by atoms with Gasteiger partial charge in [-0.05, 0) is 36.6 Å². The average molecular weight is 243 g/mol. The van der Waals surface area contributed by atoms with Crippen LogP contribution >= 0.6 is 0 Å². The molecule has 0 saturated heterocycles. The molecule has 0 aliphatic carbocycles. The molecule has 2 aromatic rings. The first-order valence-electron chi connectivity index (χ1n) is 6.05. The summed E-state index contributed by atoms with van der Waals surface area (Å²) in [6, 6.07) is 5.83. The van der Waals surface area contributed by atoms with Crippen molar-refractivity contribution >= 4 is 0 Å². The molecule has 94 valence electrons. The number of hydrogen-bond acceptors (Lipinski definition) is 4. The summed E-state index contributed by atoms with van der Waals surface area (Å²) < 4.78 is 5.67. The van der Waals surface area contributed by atoms with Crippen LogP contribution in [0.2, 0.25) is 0 Å². The zero-order valence-electron chi connectivity index (χ0n) is 10.4. The maximum Gasteiger partial charge on any atom is 0.146 e. The maximum absolute atomic E-state index is 5.93. The molecule has 4 nitrogen and oxygen atoms in total. The highest BCUT2D eigenvalue weighted by atomic mass is 16.5. The SMILES string of the molecule is CCC(N)Cc1cncc(Oc2cccnc2)c1. The Morgan fingerprint density at radius 3 is 2.78 bits per heavy atom. The monoisotopic (exact) mass is 243 g/mol. The highest BCUT2D eigenvalue weighted by Gasteiger charge is 2.04. The first-order valence-corrected chi connectivity index (χ1v) is 6.05. The van der Waals surface area contributed by atoms with Crippen molar-refractivity contribution in [3.63, 3.8) is 0 Å². The summed E-state index contributed by atoms with van der Waals surface area (Å²) in [5.74, 6) is 1.42. The zero-order chi connectivity index (χ0) is 12.8. The largest absolute Gasteiger partial charge is 0.454 e. The minimum Gasteiger partial charge on any atom is -0.454 e. The van der Waals surface area contributed by atoms with Gasteiger partial charge in [-0.15, -0.1) is 0 Å². The highest BCUT2D eigenvalue weighted by Crippen LogP contribution is 2.20. The fourth-order valence-electron chi connectivity index (χ4n) is 1.62. The summed E-state index contributed by atoms with van der Waals surface area (Å²) in [7, 11) is 0. The molecule has 0 bridgehead atoms. The van der Waals surface area contributed by atoms with Crippen LogP contribution in [0.5, 0.6) is 11.5 Å². The summed E-state index contributed by atoms with van der Waals surface area (Å²) in [6.07, 6.45) is 8.66. The number of nitrogens with two attached hydrogens (primary N) is 1. The molecule has 2 aromatic heterocycles. The highest BCUT2D eigenvalue weighted by molar-refractivity contribution is 5.29. The van der Waals surface area contributed by atoms with Crippen molar-refractivity contribution in [1.29, 1.82) is 0 Å². The maximum atomic E-state index is 5.93. The normalized spacial score (nSPS) is 12.1. The van der Waals surface area contributed by atoms with Crippen molar-refractivity contribution in [2.75, 3.05) is 0 Å². The molecule has 2 rings (SSSR count). The molecule has 0 radical (unpaired) electrons. The molecule has 0 aromatic carbocycles. The van der Waals surface area contributed by atoms with E-state index in [0.29, 0.717) is 11.5 Å². The van der Waals surface area contributed by atoms with E-state index in [4.69, 9.17) is 10.5 Å². The molecule has 4 heteroatoms. The second kappa shape index (κ2) is 6.12. The Bertz CT molecular complexity index is 487. The van der Waals surface area contributed by atoms with E-state index in [1.165, 1.54) is 0 Å². The number of rotatable bonds is 5. The van der Waals surface area contributed by atoms with E-state index < -0.39 is 0 Å². The van der Waals surface area contributed by atoms with E-state index in [0.717, 1.165) is 18.4 Å². The predicted molar refractivity (Wildman–Crippen MR) is 70.5 cm³/mol. The summed E-state index contributed by atoms with van der Waals surface area (Å²) in [5, 5.41) is 0. The standard InChI is InChI=1S/C14H17N3O/c1-2-12(15)6-11-7-14(10-17-8-11)18-13-4-3-5-16-9-13/h3-5,7-10,12H,2,6,15H2,1H3. The zero-order valence-corrected chi connectivity index (χ0v) is 10.4. The molecule has 18 heavy (non-hydrogen) atoms. The number of nitrogens with zero attached hydrogens (tertiary/aromatic N) is 2. The molecule has 1 unspecified atom stereocenters.